The second kappa shape index (κ2) is 6.27. The first kappa shape index (κ1) is 14.1. The molecule has 0 spiro atoms. The summed E-state index contributed by atoms with van der Waals surface area (Å²) in [5.41, 5.74) is 2.12. The van der Waals surface area contributed by atoms with E-state index in [0.717, 1.165) is 35.6 Å². The zero-order valence-corrected chi connectivity index (χ0v) is 13.2. The van der Waals surface area contributed by atoms with Crippen molar-refractivity contribution in [1.29, 1.82) is 0 Å². The SMILES string of the molecule is COc1cccc2c1nc(CCCl)n2CC1CCCS1. The molecule has 0 N–H and O–H groups in total. The van der Waals surface area contributed by atoms with Gasteiger partial charge in [0.1, 0.15) is 17.1 Å². The maximum absolute atomic E-state index is 5.94. The molecule has 0 bridgehead atoms. The molecule has 1 fully saturated rings. The number of aryl methyl sites for hydroxylation is 1. The summed E-state index contributed by atoms with van der Waals surface area (Å²) in [5.74, 6) is 3.80. The molecule has 20 heavy (non-hydrogen) atoms. The number of para-hydroxylation sites is 1. The molecule has 1 atom stereocenters. The number of ether oxygens (including phenoxy) is 1. The van der Waals surface area contributed by atoms with Gasteiger partial charge >= 0.3 is 0 Å². The molecule has 2 heterocycles. The Morgan fingerprint density at radius 1 is 1.50 bits per heavy atom. The first-order valence-electron chi connectivity index (χ1n) is 7.03. The van der Waals surface area contributed by atoms with Crippen molar-refractivity contribution in [2.45, 2.75) is 31.1 Å². The van der Waals surface area contributed by atoms with E-state index in [9.17, 15) is 0 Å². The molecule has 108 valence electrons. The van der Waals surface area contributed by atoms with E-state index in [1.165, 1.54) is 18.6 Å². The number of imidazole rings is 1. The van der Waals surface area contributed by atoms with Crippen LogP contribution in [-0.4, -0.2) is 33.5 Å². The summed E-state index contributed by atoms with van der Waals surface area (Å²) in [6.07, 6.45) is 3.43. The third-order valence-electron chi connectivity index (χ3n) is 3.77. The molecule has 1 unspecified atom stereocenters. The lowest BCUT2D eigenvalue weighted by Gasteiger charge is -2.13. The molecule has 0 radical (unpaired) electrons. The Kier molecular flexibility index (Phi) is 4.41. The van der Waals surface area contributed by atoms with Crippen LogP contribution in [0, 0.1) is 0 Å². The van der Waals surface area contributed by atoms with Gasteiger partial charge in [-0.2, -0.15) is 11.8 Å². The molecule has 1 aliphatic rings. The fourth-order valence-corrected chi connectivity index (χ4v) is 4.23. The van der Waals surface area contributed by atoms with Gasteiger partial charge in [-0.3, -0.25) is 0 Å². The van der Waals surface area contributed by atoms with E-state index in [1.807, 2.05) is 12.1 Å². The van der Waals surface area contributed by atoms with Crippen LogP contribution in [0.25, 0.3) is 11.0 Å². The monoisotopic (exact) mass is 310 g/mol. The summed E-state index contributed by atoms with van der Waals surface area (Å²) in [7, 11) is 1.70. The number of benzene rings is 1. The summed E-state index contributed by atoms with van der Waals surface area (Å²) >= 11 is 8.01. The molecule has 0 saturated carbocycles. The molecule has 1 saturated heterocycles. The molecule has 0 amide bonds. The predicted molar refractivity (Wildman–Crippen MR) is 86.2 cm³/mol. The van der Waals surface area contributed by atoms with Crippen LogP contribution >= 0.6 is 23.4 Å². The predicted octanol–water partition coefficient (Wildman–Crippen LogP) is 3.72. The zero-order valence-electron chi connectivity index (χ0n) is 11.6. The minimum atomic E-state index is 0.601. The summed E-state index contributed by atoms with van der Waals surface area (Å²) in [4.78, 5) is 4.76. The fourth-order valence-electron chi connectivity index (χ4n) is 2.81. The van der Waals surface area contributed by atoms with Gasteiger partial charge in [-0.25, -0.2) is 4.98 Å². The zero-order chi connectivity index (χ0) is 13.9. The van der Waals surface area contributed by atoms with Crippen LogP contribution in [0.4, 0.5) is 0 Å². The normalized spacial score (nSPS) is 18.8. The van der Waals surface area contributed by atoms with E-state index in [2.05, 4.69) is 22.4 Å². The molecule has 1 aromatic heterocycles. The Balaban J connectivity index is 2.03. The van der Waals surface area contributed by atoms with Gasteiger partial charge in [-0.05, 0) is 30.7 Å². The van der Waals surface area contributed by atoms with E-state index in [4.69, 9.17) is 21.3 Å². The Bertz CT molecular complexity index is 593. The lowest BCUT2D eigenvalue weighted by Crippen LogP contribution is -2.13. The van der Waals surface area contributed by atoms with Crippen molar-refractivity contribution >= 4 is 34.4 Å². The third-order valence-corrected chi connectivity index (χ3v) is 5.34. The van der Waals surface area contributed by atoms with Crippen LogP contribution in [0.3, 0.4) is 0 Å². The van der Waals surface area contributed by atoms with Gasteiger partial charge in [0.15, 0.2) is 0 Å². The van der Waals surface area contributed by atoms with Crippen molar-refractivity contribution in [2.24, 2.45) is 0 Å². The molecule has 3 nitrogen and oxygen atoms in total. The lowest BCUT2D eigenvalue weighted by molar-refractivity contribution is 0.419. The maximum atomic E-state index is 5.94. The van der Waals surface area contributed by atoms with Crippen LogP contribution in [0.5, 0.6) is 5.75 Å². The average Bonchev–Trinajstić information content (AvgIpc) is 3.08. The number of alkyl halides is 1. The van der Waals surface area contributed by atoms with Crippen molar-refractivity contribution in [2.75, 3.05) is 18.7 Å². The van der Waals surface area contributed by atoms with Crippen LogP contribution in [0.1, 0.15) is 18.7 Å². The van der Waals surface area contributed by atoms with Gasteiger partial charge in [0.2, 0.25) is 0 Å². The molecule has 2 aromatic rings. The van der Waals surface area contributed by atoms with E-state index in [-0.39, 0.29) is 0 Å². The van der Waals surface area contributed by atoms with Gasteiger partial charge in [0, 0.05) is 24.1 Å². The van der Waals surface area contributed by atoms with Crippen molar-refractivity contribution in [3.8, 4) is 5.75 Å². The molecular weight excluding hydrogens is 292 g/mol. The standard InChI is InChI=1S/C15H19ClN2OS/c1-19-13-6-2-5-12-15(13)17-14(7-8-16)18(12)10-11-4-3-9-20-11/h2,5-6,11H,3-4,7-10H2,1H3. The number of halogens is 1. The molecule has 0 aliphatic carbocycles. The maximum Gasteiger partial charge on any atom is 0.146 e. The summed E-state index contributed by atoms with van der Waals surface area (Å²) < 4.78 is 7.77. The lowest BCUT2D eigenvalue weighted by atomic mass is 10.2. The van der Waals surface area contributed by atoms with E-state index in [0.29, 0.717) is 11.1 Å². The first-order valence-corrected chi connectivity index (χ1v) is 8.61. The number of aromatic nitrogens is 2. The summed E-state index contributed by atoms with van der Waals surface area (Å²) in [5, 5.41) is 0.702. The minimum Gasteiger partial charge on any atom is -0.494 e. The highest BCUT2D eigenvalue weighted by atomic mass is 35.5. The van der Waals surface area contributed by atoms with Gasteiger partial charge in [-0.15, -0.1) is 11.6 Å². The van der Waals surface area contributed by atoms with Crippen LogP contribution in [-0.2, 0) is 13.0 Å². The highest BCUT2D eigenvalue weighted by molar-refractivity contribution is 8.00. The second-order valence-corrected chi connectivity index (χ2v) is 6.83. The van der Waals surface area contributed by atoms with Crippen molar-refractivity contribution in [1.82, 2.24) is 9.55 Å². The third kappa shape index (κ3) is 2.63. The fraction of sp³-hybridized carbons (Fsp3) is 0.533. The van der Waals surface area contributed by atoms with E-state index in [1.54, 1.807) is 7.11 Å². The number of rotatable bonds is 5. The number of thioether (sulfide) groups is 1. The van der Waals surface area contributed by atoms with E-state index < -0.39 is 0 Å². The Hall–Kier alpha value is -0.870. The Morgan fingerprint density at radius 2 is 2.40 bits per heavy atom. The highest BCUT2D eigenvalue weighted by Gasteiger charge is 2.20. The molecule has 3 rings (SSSR count). The first-order chi connectivity index (χ1) is 9.83. The molecule has 1 aromatic carbocycles. The number of methoxy groups -OCH3 is 1. The quantitative estimate of drug-likeness (QED) is 0.788. The Morgan fingerprint density at radius 3 is 3.10 bits per heavy atom. The topological polar surface area (TPSA) is 27.1 Å². The van der Waals surface area contributed by atoms with Gasteiger partial charge in [0.05, 0.1) is 12.6 Å². The van der Waals surface area contributed by atoms with Crippen LogP contribution in [0.15, 0.2) is 18.2 Å². The van der Waals surface area contributed by atoms with Crippen molar-refractivity contribution in [3.63, 3.8) is 0 Å². The average molecular weight is 311 g/mol. The van der Waals surface area contributed by atoms with Gasteiger partial charge in [-0.1, -0.05) is 6.07 Å². The smallest absolute Gasteiger partial charge is 0.146 e. The van der Waals surface area contributed by atoms with Gasteiger partial charge < -0.3 is 9.30 Å². The number of nitrogens with zero attached hydrogens (tertiary/aromatic N) is 2. The van der Waals surface area contributed by atoms with E-state index >= 15 is 0 Å². The number of hydrogen-bond acceptors (Lipinski definition) is 3. The van der Waals surface area contributed by atoms with Crippen LogP contribution in [0.2, 0.25) is 0 Å². The second-order valence-electron chi connectivity index (χ2n) is 5.04. The summed E-state index contributed by atoms with van der Waals surface area (Å²) in [6, 6.07) is 6.13. The molecule has 5 heteroatoms. The van der Waals surface area contributed by atoms with Crippen molar-refractivity contribution in [3.05, 3.63) is 24.0 Å². The molecular formula is C15H19ClN2OS. The largest absolute Gasteiger partial charge is 0.494 e. The van der Waals surface area contributed by atoms with Crippen LogP contribution < -0.4 is 4.74 Å². The van der Waals surface area contributed by atoms with Crippen molar-refractivity contribution < 1.29 is 4.74 Å². The Labute approximate surface area is 128 Å². The minimum absolute atomic E-state index is 0.601. The highest BCUT2D eigenvalue weighted by Crippen LogP contribution is 2.31. The molecule has 1 aliphatic heterocycles. The number of hydrogen-bond donors (Lipinski definition) is 0. The number of fused-ring (bicyclic) bond motifs is 1. The summed E-state index contributed by atoms with van der Waals surface area (Å²) in [6.45, 7) is 1.03. The van der Waals surface area contributed by atoms with Gasteiger partial charge in [0.25, 0.3) is 0 Å².